The van der Waals surface area contributed by atoms with E-state index in [1.165, 1.54) is 32.1 Å². The average Bonchev–Trinajstić information content (AvgIpc) is 2.38. The van der Waals surface area contributed by atoms with Crippen molar-refractivity contribution in [3.8, 4) is 0 Å². The van der Waals surface area contributed by atoms with Crippen LogP contribution in [0.5, 0.6) is 0 Å². The fourth-order valence-electron chi connectivity index (χ4n) is 2.54. The molecule has 1 aromatic rings. The molecule has 94 valence electrons. The Hall–Kier alpha value is -1.09. The Kier molecular flexibility index (Phi) is 4.37. The highest BCUT2D eigenvalue weighted by Crippen LogP contribution is 2.29. The zero-order valence-electron chi connectivity index (χ0n) is 10.6. The molecule has 1 aliphatic carbocycles. The number of hydrogen-bond acceptors (Lipinski definition) is 3. The highest BCUT2D eigenvalue weighted by atomic mass is 16.5. The summed E-state index contributed by atoms with van der Waals surface area (Å²) in [6.45, 7) is 2.87. The van der Waals surface area contributed by atoms with Gasteiger partial charge in [0.15, 0.2) is 0 Å². The van der Waals surface area contributed by atoms with Crippen LogP contribution in [0.4, 0.5) is 5.82 Å². The zero-order valence-corrected chi connectivity index (χ0v) is 10.6. The van der Waals surface area contributed by atoms with Gasteiger partial charge in [0, 0.05) is 11.8 Å². The number of ether oxygens (including phenoxy) is 1. The highest BCUT2D eigenvalue weighted by molar-refractivity contribution is 5.37. The highest BCUT2D eigenvalue weighted by Gasteiger charge is 2.21. The Morgan fingerprint density at radius 2 is 2.35 bits per heavy atom. The molecular weight excluding hydrogens is 212 g/mol. The molecule has 1 aromatic heterocycles. The summed E-state index contributed by atoms with van der Waals surface area (Å²) in [5.74, 6) is 1.44. The summed E-state index contributed by atoms with van der Waals surface area (Å²) in [4.78, 5) is 4.07. The van der Waals surface area contributed by atoms with Crippen molar-refractivity contribution in [1.82, 2.24) is 4.98 Å². The van der Waals surface area contributed by atoms with E-state index in [9.17, 15) is 0 Å². The average molecular weight is 234 g/mol. The van der Waals surface area contributed by atoms with Crippen LogP contribution in [0.3, 0.4) is 0 Å². The first-order valence-electron chi connectivity index (χ1n) is 6.60. The summed E-state index contributed by atoms with van der Waals surface area (Å²) >= 11 is 0. The summed E-state index contributed by atoms with van der Waals surface area (Å²) in [6, 6.07) is 3.90. The molecule has 0 bridgehead atoms. The summed E-state index contributed by atoms with van der Waals surface area (Å²) in [7, 11) is 0. The number of nitrogens with zero attached hydrogens (tertiary/aromatic N) is 1. The molecule has 17 heavy (non-hydrogen) atoms. The summed E-state index contributed by atoms with van der Waals surface area (Å²) in [5.41, 5.74) is 6.80. The largest absolute Gasteiger partial charge is 0.383 e. The maximum absolute atomic E-state index is 5.96. The van der Waals surface area contributed by atoms with E-state index >= 15 is 0 Å². The molecule has 0 spiro atoms. The first kappa shape index (κ1) is 12.4. The summed E-state index contributed by atoms with van der Waals surface area (Å²) < 4.78 is 5.96. The molecule has 1 heterocycles. The molecule has 1 saturated carbocycles. The smallest absolute Gasteiger partial charge is 0.128 e. The molecule has 0 aromatic carbocycles. The van der Waals surface area contributed by atoms with Gasteiger partial charge >= 0.3 is 0 Å². The minimum absolute atomic E-state index is 0.410. The van der Waals surface area contributed by atoms with E-state index in [0.29, 0.717) is 18.5 Å². The third kappa shape index (κ3) is 3.43. The number of nitrogen functional groups attached to an aromatic ring is 1. The van der Waals surface area contributed by atoms with Crippen LogP contribution in [0.15, 0.2) is 18.3 Å². The second kappa shape index (κ2) is 6.01. The van der Waals surface area contributed by atoms with Crippen molar-refractivity contribution in [2.75, 3.05) is 5.73 Å². The molecule has 2 rings (SSSR count). The van der Waals surface area contributed by atoms with Crippen LogP contribution >= 0.6 is 0 Å². The maximum Gasteiger partial charge on any atom is 0.128 e. The molecule has 3 heteroatoms. The van der Waals surface area contributed by atoms with Crippen LogP contribution in [0, 0.1) is 5.92 Å². The lowest BCUT2D eigenvalue weighted by atomic mass is 9.85. The number of anilines is 1. The van der Waals surface area contributed by atoms with E-state index < -0.39 is 0 Å². The maximum atomic E-state index is 5.96. The fourth-order valence-corrected chi connectivity index (χ4v) is 2.54. The fraction of sp³-hybridized carbons (Fsp3) is 0.643. The van der Waals surface area contributed by atoms with Gasteiger partial charge in [-0.1, -0.05) is 32.3 Å². The molecule has 2 atom stereocenters. The molecule has 0 amide bonds. The lowest BCUT2D eigenvalue weighted by Gasteiger charge is -2.28. The molecule has 0 aliphatic heterocycles. The van der Waals surface area contributed by atoms with E-state index in [1.54, 1.807) is 6.20 Å². The van der Waals surface area contributed by atoms with Crippen molar-refractivity contribution < 1.29 is 4.74 Å². The van der Waals surface area contributed by atoms with Gasteiger partial charge in [-0.2, -0.15) is 0 Å². The molecule has 0 saturated heterocycles. The van der Waals surface area contributed by atoms with Crippen LogP contribution in [0.1, 0.15) is 44.6 Å². The second-order valence-corrected chi connectivity index (χ2v) is 4.92. The number of hydrogen-bond donors (Lipinski definition) is 1. The number of rotatable bonds is 4. The zero-order chi connectivity index (χ0) is 12.1. The van der Waals surface area contributed by atoms with Crippen molar-refractivity contribution >= 4 is 5.82 Å². The topological polar surface area (TPSA) is 48.1 Å². The Bertz CT molecular complexity index is 354. The molecule has 0 radical (unpaired) electrons. The Balaban J connectivity index is 1.84. The van der Waals surface area contributed by atoms with Crippen LogP contribution in [0.25, 0.3) is 0 Å². The monoisotopic (exact) mass is 234 g/mol. The van der Waals surface area contributed by atoms with Gasteiger partial charge in [-0.25, -0.2) is 4.98 Å². The normalized spacial score (nSPS) is 24.8. The molecule has 1 fully saturated rings. The molecule has 3 nitrogen and oxygen atoms in total. The predicted octanol–water partition coefficient (Wildman–Crippen LogP) is 3.15. The van der Waals surface area contributed by atoms with Gasteiger partial charge in [0.1, 0.15) is 5.82 Å². The van der Waals surface area contributed by atoms with E-state index in [4.69, 9.17) is 10.5 Å². The molecular formula is C14H22N2O. The van der Waals surface area contributed by atoms with Crippen LogP contribution in [-0.2, 0) is 11.3 Å². The summed E-state index contributed by atoms with van der Waals surface area (Å²) in [6.07, 6.45) is 8.46. The molecule has 2 unspecified atom stereocenters. The van der Waals surface area contributed by atoms with E-state index in [2.05, 4.69) is 11.9 Å². The number of pyridine rings is 1. The van der Waals surface area contributed by atoms with Gasteiger partial charge in [0.05, 0.1) is 12.7 Å². The van der Waals surface area contributed by atoms with Gasteiger partial charge in [-0.05, 0) is 24.8 Å². The van der Waals surface area contributed by atoms with Crippen molar-refractivity contribution in [3.63, 3.8) is 0 Å². The number of nitrogens with two attached hydrogens (primary N) is 1. The van der Waals surface area contributed by atoms with Gasteiger partial charge < -0.3 is 10.5 Å². The van der Waals surface area contributed by atoms with E-state index in [1.807, 2.05) is 12.1 Å². The lowest BCUT2D eigenvalue weighted by molar-refractivity contribution is 0.00193. The van der Waals surface area contributed by atoms with Crippen LogP contribution in [-0.4, -0.2) is 11.1 Å². The third-order valence-electron chi connectivity index (χ3n) is 3.71. The first-order chi connectivity index (χ1) is 8.29. The van der Waals surface area contributed by atoms with Gasteiger partial charge in [0.2, 0.25) is 0 Å². The minimum Gasteiger partial charge on any atom is -0.383 e. The quantitative estimate of drug-likeness (QED) is 0.870. The second-order valence-electron chi connectivity index (χ2n) is 4.92. The van der Waals surface area contributed by atoms with Gasteiger partial charge in [-0.15, -0.1) is 0 Å². The molecule has 1 aliphatic rings. The van der Waals surface area contributed by atoms with Crippen molar-refractivity contribution in [1.29, 1.82) is 0 Å². The minimum atomic E-state index is 0.410. The van der Waals surface area contributed by atoms with E-state index in [0.717, 1.165) is 11.5 Å². The predicted molar refractivity (Wildman–Crippen MR) is 69.5 cm³/mol. The van der Waals surface area contributed by atoms with Crippen molar-refractivity contribution in [3.05, 3.63) is 23.9 Å². The number of aromatic nitrogens is 1. The van der Waals surface area contributed by atoms with Crippen LogP contribution < -0.4 is 5.73 Å². The van der Waals surface area contributed by atoms with Crippen LogP contribution in [0.2, 0.25) is 0 Å². The Morgan fingerprint density at radius 1 is 1.47 bits per heavy atom. The van der Waals surface area contributed by atoms with Gasteiger partial charge in [-0.3, -0.25) is 0 Å². The first-order valence-corrected chi connectivity index (χ1v) is 6.60. The standard InChI is InChI=1S/C14H22N2O/c1-2-11-5-3-7-13(9-11)17-10-12-6-4-8-16-14(12)15/h4,6,8,11,13H,2-3,5,7,9-10H2,1H3,(H2,15,16). The lowest BCUT2D eigenvalue weighted by Crippen LogP contribution is -2.22. The van der Waals surface area contributed by atoms with E-state index in [-0.39, 0.29) is 0 Å². The van der Waals surface area contributed by atoms with Crippen molar-refractivity contribution in [2.45, 2.75) is 51.7 Å². The SMILES string of the molecule is CCC1CCCC(OCc2cccnc2N)C1. The third-order valence-corrected chi connectivity index (χ3v) is 3.71. The summed E-state index contributed by atoms with van der Waals surface area (Å²) in [5, 5.41) is 0. The van der Waals surface area contributed by atoms with Gasteiger partial charge in [0.25, 0.3) is 0 Å². The Labute approximate surface area is 103 Å². The molecule has 2 N–H and O–H groups in total. The van der Waals surface area contributed by atoms with Crippen molar-refractivity contribution in [2.24, 2.45) is 5.92 Å². The Morgan fingerprint density at radius 3 is 3.12 bits per heavy atom.